The van der Waals surface area contributed by atoms with E-state index in [4.69, 9.17) is 0 Å². The van der Waals surface area contributed by atoms with Gasteiger partial charge >= 0.3 is 0 Å². The Labute approximate surface area is 97.1 Å². The third kappa shape index (κ3) is 3.58. The third-order valence-corrected chi connectivity index (χ3v) is 3.91. The maximum atomic E-state index is 4.32. The molecule has 0 fully saturated rings. The second kappa shape index (κ2) is 6.23. The van der Waals surface area contributed by atoms with Gasteiger partial charge in [0.2, 0.25) is 0 Å². The van der Waals surface area contributed by atoms with Crippen LogP contribution in [-0.2, 0) is 0 Å². The van der Waals surface area contributed by atoms with E-state index in [0.717, 1.165) is 5.92 Å². The minimum Gasteiger partial charge on any atom is -0.312 e. The van der Waals surface area contributed by atoms with Crippen LogP contribution in [-0.4, -0.2) is 12.0 Å². The first-order chi connectivity index (χ1) is 7.19. The molecule has 1 rings (SSSR count). The quantitative estimate of drug-likeness (QED) is 0.802. The third-order valence-electron chi connectivity index (χ3n) is 2.87. The molecule has 2 unspecified atom stereocenters. The monoisotopic (exact) mass is 226 g/mol. The van der Waals surface area contributed by atoms with Crippen molar-refractivity contribution in [2.75, 3.05) is 7.05 Å². The van der Waals surface area contributed by atoms with E-state index < -0.39 is 0 Å². The van der Waals surface area contributed by atoms with Crippen LogP contribution in [0.5, 0.6) is 0 Å². The van der Waals surface area contributed by atoms with Gasteiger partial charge in [0.1, 0.15) is 0 Å². The maximum Gasteiger partial charge on any atom is 0.0798 e. The van der Waals surface area contributed by atoms with Crippen LogP contribution < -0.4 is 5.32 Å². The van der Waals surface area contributed by atoms with Crippen molar-refractivity contribution in [3.8, 4) is 0 Å². The maximum absolute atomic E-state index is 4.32. The van der Waals surface area contributed by atoms with E-state index >= 15 is 0 Å². The molecule has 0 aliphatic rings. The summed E-state index contributed by atoms with van der Waals surface area (Å²) >= 11 is 1.77. The highest BCUT2D eigenvalue weighted by Gasteiger charge is 2.16. The van der Waals surface area contributed by atoms with Gasteiger partial charge < -0.3 is 5.32 Å². The summed E-state index contributed by atoms with van der Waals surface area (Å²) in [4.78, 5) is 5.72. The Morgan fingerprint density at radius 3 is 2.73 bits per heavy atom. The zero-order chi connectivity index (χ0) is 11.3. The van der Waals surface area contributed by atoms with Gasteiger partial charge in [-0.25, -0.2) is 4.98 Å². The summed E-state index contributed by atoms with van der Waals surface area (Å²) in [7, 11) is 2.04. The van der Waals surface area contributed by atoms with Crippen molar-refractivity contribution in [3.63, 3.8) is 0 Å². The highest BCUT2D eigenvalue weighted by molar-refractivity contribution is 7.09. The lowest BCUT2D eigenvalue weighted by Gasteiger charge is -2.19. The molecule has 86 valence electrons. The number of nitrogens with one attached hydrogen (secondary N) is 1. The lowest BCUT2D eigenvalue weighted by atomic mass is 9.96. The zero-order valence-corrected chi connectivity index (χ0v) is 11.0. The molecule has 15 heavy (non-hydrogen) atoms. The van der Waals surface area contributed by atoms with Gasteiger partial charge in [0.25, 0.3) is 0 Å². The first-order valence-electron chi connectivity index (χ1n) is 5.76. The largest absolute Gasteiger partial charge is 0.312 e. The minimum absolute atomic E-state index is 0.485. The molecule has 3 heteroatoms. The fourth-order valence-electron chi connectivity index (χ4n) is 2.01. The molecule has 0 aromatic carbocycles. The van der Waals surface area contributed by atoms with Crippen molar-refractivity contribution in [1.82, 2.24) is 10.3 Å². The molecular formula is C12H22N2S. The molecule has 0 aliphatic heterocycles. The van der Waals surface area contributed by atoms with E-state index in [9.17, 15) is 0 Å². The molecule has 1 aromatic rings. The normalized spacial score (nSPS) is 15.2. The number of thiazole rings is 1. The van der Waals surface area contributed by atoms with Crippen molar-refractivity contribution in [2.45, 2.75) is 46.1 Å². The Hall–Kier alpha value is -0.410. The van der Waals surface area contributed by atoms with Gasteiger partial charge in [0, 0.05) is 10.9 Å². The first kappa shape index (κ1) is 12.7. The zero-order valence-electron chi connectivity index (χ0n) is 10.2. The molecule has 0 aliphatic carbocycles. The first-order valence-corrected chi connectivity index (χ1v) is 6.64. The standard InChI is InChI=1S/C12H22N2S/c1-5-6-9(2)7-11(13-4)12-10(3)14-8-15-12/h8-9,11,13H,5-7H2,1-4H3. The van der Waals surface area contributed by atoms with Crippen molar-refractivity contribution in [1.29, 1.82) is 0 Å². The molecule has 1 N–H and O–H groups in total. The molecule has 1 heterocycles. The van der Waals surface area contributed by atoms with Crippen LogP contribution in [0.15, 0.2) is 5.51 Å². The summed E-state index contributed by atoms with van der Waals surface area (Å²) in [5.74, 6) is 0.786. The predicted molar refractivity (Wildman–Crippen MR) is 67.3 cm³/mol. The topological polar surface area (TPSA) is 24.9 Å². The Bertz CT molecular complexity index is 283. The van der Waals surface area contributed by atoms with Crippen LogP contribution in [0.1, 0.15) is 49.7 Å². The van der Waals surface area contributed by atoms with Gasteiger partial charge in [-0.2, -0.15) is 0 Å². The van der Waals surface area contributed by atoms with E-state index in [-0.39, 0.29) is 0 Å². The van der Waals surface area contributed by atoms with Gasteiger partial charge in [-0.05, 0) is 26.3 Å². The van der Waals surface area contributed by atoms with Crippen molar-refractivity contribution < 1.29 is 0 Å². The number of aryl methyl sites for hydroxylation is 1. The molecule has 0 saturated heterocycles. The van der Waals surface area contributed by atoms with E-state index in [2.05, 4.69) is 31.1 Å². The molecule has 0 bridgehead atoms. The number of aromatic nitrogens is 1. The Morgan fingerprint density at radius 1 is 1.53 bits per heavy atom. The highest BCUT2D eigenvalue weighted by atomic mass is 32.1. The van der Waals surface area contributed by atoms with Crippen LogP contribution in [0.25, 0.3) is 0 Å². The Morgan fingerprint density at radius 2 is 2.27 bits per heavy atom. The van der Waals surface area contributed by atoms with E-state index in [1.807, 2.05) is 12.6 Å². The molecular weight excluding hydrogens is 204 g/mol. The summed E-state index contributed by atoms with van der Waals surface area (Å²) in [6.45, 7) is 6.69. The summed E-state index contributed by atoms with van der Waals surface area (Å²) < 4.78 is 0. The van der Waals surface area contributed by atoms with E-state index in [0.29, 0.717) is 6.04 Å². The van der Waals surface area contributed by atoms with Gasteiger partial charge in [-0.15, -0.1) is 11.3 Å². The van der Waals surface area contributed by atoms with Crippen LogP contribution in [0.3, 0.4) is 0 Å². The van der Waals surface area contributed by atoms with Gasteiger partial charge in [0.15, 0.2) is 0 Å². The lowest BCUT2D eigenvalue weighted by Crippen LogP contribution is -2.18. The predicted octanol–water partition coefficient (Wildman–Crippen LogP) is 3.54. The minimum atomic E-state index is 0.485. The molecule has 0 amide bonds. The smallest absolute Gasteiger partial charge is 0.0798 e. The molecule has 0 radical (unpaired) electrons. The summed E-state index contributed by atoms with van der Waals surface area (Å²) in [5, 5.41) is 3.41. The number of rotatable bonds is 6. The second-order valence-electron chi connectivity index (χ2n) is 4.27. The van der Waals surface area contributed by atoms with Gasteiger partial charge in [-0.3, -0.25) is 0 Å². The average Bonchev–Trinajstić information content (AvgIpc) is 2.61. The Kier molecular flexibility index (Phi) is 5.26. The average molecular weight is 226 g/mol. The molecule has 0 spiro atoms. The lowest BCUT2D eigenvalue weighted by molar-refractivity contribution is 0.409. The number of hydrogen-bond donors (Lipinski definition) is 1. The fourth-order valence-corrected chi connectivity index (χ4v) is 2.94. The highest BCUT2D eigenvalue weighted by Crippen LogP contribution is 2.28. The molecule has 2 nitrogen and oxygen atoms in total. The summed E-state index contributed by atoms with van der Waals surface area (Å²) in [6, 6.07) is 0.485. The van der Waals surface area contributed by atoms with Crippen LogP contribution in [0, 0.1) is 12.8 Å². The van der Waals surface area contributed by atoms with Crippen LogP contribution >= 0.6 is 11.3 Å². The summed E-state index contributed by atoms with van der Waals surface area (Å²) in [5.41, 5.74) is 3.13. The van der Waals surface area contributed by atoms with Crippen molar-refractivity contribution >= 4 is 11.3 Å². The molecule has 2 atom stereocenters. The SMILES string of the molecule is CCCC(C)CC(NC)c1scnc1C. The Balaban J connectivity index is 2.60. The van der Waals surface area contributed by atoms with Crippen molar-refractivity contribution in [3.05, 3.63) is 16.1 Å². The van der Waals surface area contributed by atoms with Crippen LogP contribution in [0.4, 0.5) is 0 Å². The fraction of sp³-hybridized carbons (Fsp3) is 0.750. The second-order valence-corrected chi connectivity index (χ2v) is 5.16. The van der Waals surface area contributed by atoms with E-state index in [1.54, 1.807) is 11.3 Å². The number of nitrogens with zero attached hydrogens (tertiary/aromatic N) is 1. The molecule has 0 saturated carbocycles. The van der Waals surface area contributed by atoms with Gasteiger partial charge in [-0.1, -0.05) is 26.7 Å². The summed E-state index contributed by atoms with van der Waals surface area (Å²) in [6.07, 6.45) is 3.81. The van der Waals surface area contributed by atoms with Crippen molar-refractivity contribution in [2.24, 2.45) is 5.92 Å². The van der Waals surface area contributed by atoms with Gasteiger partial charge in [0.05, 0.1) is 11.2 Å². The van der Waals surface area contributed by atoms with E-state index in [1.165, 1.54) is 29.8 Å². The van der Waals surface area contributed by atoms with Crippen LogP contribution in [0.2, 0.25) is 0 Å². The molecule has 1 aromatic heterocycles. The number of hydrogen-bond acceptors (Lipinski definition) is 3.